The molecule has 0 radical (unpaired) electrons. The standard InChI is InChI=1S/C10H12O4/c1-12-9-3-6-7(11)5-14-8(6)4-10(9)13-2/h3-4,7,11H,5H2,1-2H3. The van der Waals surface area contributed by atoms with E-state index < -0.39 is 6.10 Å². The van der Waals surface area contributed by atoms with Gasteiger partial charge in [0.2, 0.25) is 0 Å². The van der Waals surface area contributed by atoms with Crippen LogP contribution in [0.25, 0.3) is 0 Å². The van der Waals surface area contributed by atoms with E-state index in [-0.39, 0.29) is 0 Å². The highest BCUT2D eigenvalue weighted by Gasteiger charge is 2.24. The Balaban J connectivity index is 2.49. The lowest BCUT2D eigenvalue weighted by molar-refractivity contribution is 0.140. The van der Waals surface area contributed by atoms with E-state index in [1.165, 1.54) is 0 Å². The first-order valence-electron chi connectivity index (χ1n) is 4.33. The number of rotatable bonds is 2. The largest absolute Gasteiger partial charge is 0.493 e. The van der Waals surface area contributed by atoms with E-state index in [2.05, 4.69) is 0 Å². The van der Waals surface area contributed by atoms with Crippen LogP contribution in [0.5, 0.6) is 17.2 Å². The fourth-order valence-electron chi connectivity index (χ4n) is 1.52. The van der Waals surface area contributed by atoms with E-state index >= 15 is 0 Å². The molecule has 0 aromatic heterocycles. The van der Waals surface area contributed by atoms with Crippen LogP contribution >= 0.6 is 0 Å². The van der Waals surface area contributed by atoms with Crippen molar-refractivity contribution in [3.63, 3.8) is 0 Å². The van der Waals surface area contributed by atoms with E-state index in [1.54, 1.807) is 26.4 Å². The lowest BCUT2D eigenvalue weighted by Gasteiger charge is -2.09. The van der Waals surface area contributed by atoms with E-state index in [4.69, 9.17) is 14.2 Å². The minimum atomic E-state index is -0.565. The Morgan fingerprint density at radius 1 is 1.29 bits per heavy atom. The van der Waals surface area contributed by atoms with Gasteiger partial charge in [0, 0.05) is 11.6 Å². The number of aliphatic hydroxyl groups excluding tert-OH is 1. The molecule has 0 spiro atoms. The Hall–Kier alpha value is -1.42. The maximum absolute atomic E-state index is 9.54. The highest BCUT2D eigenvalue weighted by Crippen LogP contribution is 2.40. The summed E-state index contributed by atoms with van der Waals surface area (Å²) in [7, 11) is 3.13. The predicted molar refractivity (Wildman–Crippen MR) is 50.0 cm³/mol. The van der Waals surface area contributed by atoms with E-state index in [1.807, 2.05) is 0 Å². The molecule has 2 rings (SSSR count). The van der Waals surface area contributed by atoms with Gasteiger partial charge in [-0.2, -0.15) is 0 Å². The lowest BCUT2D eigenvalue weighted by atomic mass is 10.1. The molecule has 4 nitrogen and oxygen atoms in total. The minimum Gasteiger partial charge on any atom is -0.493 e. The summed E-state index contributed by atoms with van der Waals surface area (Å²) in [5.74, 6) is 1.88. The summed E-state index contributed by atoms with van der Waals surface area (Å²) in [4.78, 5) is 0. The molecule has 1 atom stereocenters. The topological polar surface area (TPSA) is 47.9 Å². The van der Waals surface area contributed by atoms with E-state index in [0.717, 1.165) is 5.56 Å². The highest BCUT2D eigenvalue weighted by atomic mass is 16.5. The van der Waals surface area contributed by atoms with Crippen LogP contribution in [-0.4, -0.2) is 25.9 Å². The molecule has 1 unspecified atom stereocenters. The molecule has 4 heteroatoms. The number of hydrogen-bond acceptors (Lipinski definition) is 4. The molecule has 0 saturated carbocycles. The van der Waals surface area contributed by atoms with Crippen molar-refractivity contribution in [3.05, 3.63) is 17.7 Å². The van der Waals surface area contributed by atoms with E-state index in [9.17, 15) is 5.11 Å². The Kier molecular flexibility index (Phi) is 2.21. The molecule has 0 amide bonds. The molecule has 1 aromatic rings. The second kappa shape index (κ2) is 3.38. The molecular formula is C10H12O4. The van der Waals surface area contributed by atoms with Gasteiger partial charge in [-0.1, -0.05) is 0 Å². The van der Waals surface area contributed by atoms with Crippen molar-refractivity contribution in [2.75, 3.05) is 20.8 Å². The highest BCUT2D eigenvalue weighted by molar-refractivity contribution is 5.52. The van der Waals surface area contributed by atoms with Gasteiger partial charge in [0.15, 0.2) is 11.5 Å². The summed E-state index contributed by atoms with van der Waals surface area (Å²) < 4.78 is 15.5. The third-order valence-electron chi connectivity index (χ3n) is 2.27. The number of ether oxygens (including phenoxy) is 3. The first-order chi connectivity index (χ1) is 6.76. The predicted octanol–water partition coefficient (Wildman–Crippen LogP) is 1.13. The van der Waals surface area contributed by atoms with Crippen LogP contribution in [0.15, 0.2) is 12.1 Å². The average molecular weight is 196 g/mol. The normalized spacial score (nSPS) is 18.6. The van der Waals surface area contributed by atoms with Crippen LogP contribution in [0.3, 0.4) is 0 Å². The average Bonchev–Trinajstić information content (AvgIpc) is 2.58. The Morgan fingerprint density at radius 3 is 2.57 bits per heavy atom. The van der Waals surface area contributed by atoms with Crippen LogP contribution in [0.1, 0.15) is 11.7 Å². The smallest absolute Gasteiger partial charge is 0.164 e. The van der Waals surface area contributed by atoms with E-state index in [0.29, 0.717) is 23.9 Å². The van der Waals surface area contributed by atoms with Crippen molar-refractivity contribution in [3.8, 4) is 17.2 Å². The second-order valence-electron chi connectivity index (χ2n) is 3.07. The fourth-order valence-corrected chi connectivity index (χ4v) is 1.52. The number of fused-ring (bicyclic) bond motifs is 1. The Morgan fingerprint density at radius 2 is 1.93 bits per heavy atom. The Labute approximate surface area is 82.0 Å². The molecule has 1 aliphatic heterocycles. The third-order valence-corrected chi connectivity index (χ3v) is 2.27. The molecule has 1 aromatic carbocycles. The SMILES string of the molecule is COc1cc2c(cc1OC)C(O)CO2. The Bertz CT molecular complexity index is 347. The summed E-state index contributed by atoms with van der Waals surface area (Å²) in [5, 5.41) is 9.54. The van der Waals surface area contributed by atoms with Gasteiger partial charge in [-0.15, -0.1) is 0 Å². The number of benzene rings is 1. The van der Waals surface area contributed by atoms with Crippen LogP contribution < -0.4 is 14.2 Å². The molecule has 0 aliphatic carbocycles. The summed E-state index contributed by atoms with van der Waals surface area (Å²) >= 11 is 0. The van der Waals surface area contributed by atoms with Gasteiger partial charge < -0.3 is 19.3 Å². The van der Waals surface area contributed by atoms with Crippen molar-refractivity contribution in [2.24, 2.45) is 0 Å². The van der Waals surface area contributed by atoms with Gasteiger partial charge in [0.25, 0.3) is 0 Å². The molecule has 1 N–H and O–H groups in total. The van der Waals surface area contributed by atoms with Crippen molar-refractivity contribution in [1.29, 1.82) is 0 Å². The third kappa shape index (κ3) is 1.28. The van der Waals surface area contributed by atoms with Gasteiger partial charge in [-0.3, -0.25) is 0 Å². The van der Waals surface area contributed by atoms with Crippen molar-refractivity contribution in [2.45, 2.75) is 6.10 Å². The summed E-state index contributed by atoms with van der Waals surface area (Å²) in [5.41, 5.74) is 0.752. The molecule has 1 aliphatic rings. The zero-order valence-corrected chi connectivity index (χ0v) is 8.11. The van der Waals surface area contributed by atoms with Gasteiger partial charge in [-0.05, 0) is 6.07 Å². The molecule has 0 bridgehead atoms. The van der Waals surface area contributed by atoms with Gasteiger partial charge in [-0.25, -0.2) is 0 Å². The van der Waals surface area contributed by atoms with Gasteiger partial charge in [0.05, 0.1) is 14.2 Å². The molecule has 0 fully saturated rings. The summed E-state index contributed by atoms with van der Waals surface area (Å²) in [6, 6.07) is 3.47. The monoisotopic (exact) mass is 196 g/mol. The molecular weight excluding hydrogens is 184 g/mol. The van der Waals surface area contributed by atoms with Crippen LogP contribution in [-0.2, 0) is 0 Å². The quantitative estimate of drug-likeness (QED) is 0.770. The molecule has 14 heavy (non-hydrogen) atoms. The lowest BCUT2D eigenvalue weighted by Crippen LogP contribution is -1.97. The maximum atomic E-state index is 9.54. The molecule has 1 heterocycles. The fraction of sp³-hybridized carbons (Fsp3) is 0.400. The van der Waals surface area contributed by atoms with Gasteiger partial charge in [0.1, 0.15) is 18.5 Å². The number of hydrogen-bond donors (Lipinski definition) is 1. The number of methoxy groups -OCH3 is 2. The molecule has 0 saturated heterocycles. The first-order valence-corrected chi connectivity index (χ1v) is 4.33. The van der Waals surface area contributed by atoms with Crippen molar-refractivity contribution < 1.29 is 19.3 Å². The van der Waals surface area contributed by atoms with Crippen LogP contribution in [0.4, 0.5) is 0 Å². The molecule has 76 valence electrons. The van der Waals surface area contributed by atoms with Gasteiger partial charge >= 0.3 is 0 Å². The van der Waals surface area contributed by atoms with Crippen LogP contribution in [0.2, 0.25) is 0 Å². The number of aliphatic hydroxyl groups is 1. The van der Waals surface area contributed by atoms with Crippen LogP contribution in [0, 0.1) is 0 Å². The minimum absolute atomic E-state index is 0.297. The zero-order chi connectivity index (χ0) is 10.1. The summed E-state index contributed by atoms with van der Waals surface area (Å²) in [6.07, 6.45) is -0.565. The summed E-state index contributed by atoms with van der Waals surface area (Å²) in [6.45, 7) is 0.297. The second-order valence-corrected chi connectivity index (χ2v) is 3.07. The zero-order valence-electron chi connectivity index (χ0n) is 8.11. The van der Waals surface area contributed by atoms with Crippen molar-refractivity contribution in [1.82, 2.24) is 0 Å². The van der Waals surface area contributed by atoms with Crippen molar-refractivity contribution >= 4 is 0 Å². The first kappa shape index (κ1) is 9.15. The maximum Gasteiger partial charge on any atom is 0.164 e.